The first kappa shape index (κ1) is 24.9. The van der Waals surface area contributed by atoms with Gasteiger partial charge in [-0.15, -0.1) is 0 Å². The van der Waals surface area contributed by atoms with Crippen molar-refractivity contribution < 1.29 is 22.6 Å². The zero-order chi connectivity index (χ0) is 27.1. The number of nitrogens with zero attached hydrogens (tertiary/aromatic N) is 6. The van der Waals surface area contributed by atoms with Crippen molar-refractivity contribution in [2.24, 2.45) is 0 Å². The van der Waals surface area contributed by atoms with E-state index in [0.717, 1.165) is 11.6 Å². The van der Waals surface area contributed by atoms with Gasteiger partial charge in [0.25, 0.3) is 5.92 Å². The first-order valence-corrected chi connectivity index (χ1v) is 12.3. The monoisotopic (exact) mass is 535 g/mol. The minimum Gasteiger partial charge on any atom is -0.483 e. The van der Waals surface area contributed by atoms with Gasteiger partial charge in [0.1, 0.15) is 41.5 Å². The molecule has 1 aliphatic rings. The van der Waals surface area contributed by atoms with Crippen molar-refractivity contribution in [3.8, 4) is 17.2 Å². The molecule has 0 aliphatic carbocycles. The summed E-state index contributed by atoms with van der Waals surface area (Å²) in [5.41, 5.74) is 2.38. The Labute approximate surface area is 221 Å². The third-order valence-electron chi connectivity index (χ3n) is 6.58. The lowest BCUT2D eigenvalue weighted by Gasteiger charge is -2.36. The molecule has 1 unspecified atom stereocenters. The smallest absolute Gasteiger partial charge is 0.296 e. The van der Waals surface area contributed by atoms with Crippen LogP contribution in [0.15, 0.2) is 61.3 Å². The zero-order valence-corrected chi connectivity index (χ0v) is 21.1. The van der Waals surface area contributed by atoms with Crippen molar-refractivity contribution >= 4 is 28.1 Å². The number of pyridine rings is 1. The van der Waals surface area contributed by atoms with Crippen molar-refractivity contribution in [1.29, 1.82) is 0 Å². The molecule has 5 aromatic rings. The Balaban J connectivity index is 1.28. The lowest BCUT2D eigenvalue weighted by molar-refractivity contribution is -0.134. The number of aromatic nitrogens is 5. The number of rotatable bonds is 6. The highest BCUT2D eigenvalue weighted by atomic mass is 19.3. The second-order valence-electron chi connectivity index (χ2n) is 9.55. The van der Waals surface area contributed by atoms with E-state index in [-0.39, 0.29) is 17.7 Å². The maximum absolute atomic E-state index is 14.7. The van der Waals surface area contributed by atoms with Crippen LogP contribution < -0.4 is 14.8 Å². The van der Waals surface area contributed by atoms with Gasteiger partial charge >= 0.3 is 0 Å². The molecule has 2 aromatic carbocycles. The lowest BCUT2D eigenvalue weighted by Crippen LogP contribution is -2.52. The van der Waals surface area contributed by atoms with E-state index >= 15 is 0 Å². The number of nitrogens with one attached hydrogen (secondary N) is 1. The van der Waals surface area contributed by atoms with Gasteiger partial charge < -0.3 is 19.7 Å². The number of benzene rings is 2. The van der Waals surface area contributed by atoms with Crippen LogP contribution in [-0.4, -0.2) is 61.6 Å². The highest BCUT2D eigenvalue weighted by Gasteiger charge is 2.45. The Bertz CT molecular complexity index is 1680. The van der Waals surface area contributed by atoms with Gasteiger partial charge in [0.15, 0.2) is 11.8 Å². The molecule has 1 saturated heterocycles. The molecule has 12 heteroatoms. The van der Waals surface area contributed by atoms with Gasteiger partial charge in [0.05, 0.1) is 17.4 Å². The summed E-state index contributed by atoms with van der Waals surface area (Å²) in [5.74, 6) is -2.23. The number of halogens is 3. The first-order chi connectivity index (χ1) is 18.7. The van der Waals surface area contributed by atoms with Crippen LogP contribution in [-0.2, 0) is 0 Å². The summed E-state index contributed by atoms with van der Waals surface area (Å²) in [6.07, 6.45) is 3.20. The molecule has 0 radical (unpaired) electrons. The van der Waals surface area contributed by atoms with Gasteiger partial charge in [-0.25, -0.2) is 32.6 Å². The van der Waals surface area contributed by atoms with Crippen molar-refractivity contribution in [3.05, 3.63) is 72.7 Å². The molecule has 0 saturated carbocycles. The summed E-state index contributed by atoms with van der Waals surface area (Å²) in [4.78, 5) is 14.2. The summed E-state index contributed by atoms with van der Waals surface area (Å²) in [5, 5.41) is 7.58. The molecule has 1 atom stereocenters. The molecule has 6 rings (SSSR count). The highest BCUT2D eigenvalue weighted by Crippen LogP contribution is 2.37. The van der Waals surface area contributed by atoms with E-state index in [2.05, 4.69) is 25.4 Å². The molecule has 1 fully saturated rings. The van der Waals surface area contributed by atoms with Crippen LogP contribution in [0, 0.1) is 12.7 Å². The number of fused-ring (bicyclic) bond motifs is 2. The molecule has 0 bridgehead atoms. The molecule has 3 aromatic heterocycles. The van der Waals surface area contributed by atoms with Crippen LogP contribution in [0.4, 0.5) is 24.7 Å². The predicted octanol–water partition coefficient (Wildman–Crippen LogP) is 5.37. The third-order valence-corrected chi connectivity index (χ3v) is 6.58. The second-order valence-corrected chi connectivity index (χ2v) is 9.55. The van der Waals surface area contributed by atoms with Gasteiger partial charge in [-0.3, -0.25) is 0 Å². The SMILES string of the molecule is Cc1cc(Nc2ncnc3cc(F)cc(OC4CCN(C)CC4(F)F)c23)ccc1Oc1ccn2ncnc2c1. The van der Waals surface area contributed by atoms with Crippen molar-refractivity contribution in [3.63, 3.8) is 0 Å². The predicted molar refractivity (Wildman–Crippen MR) is 138 cm³/mol. The van der Waals surface area contributed by atoms with Gasteiger partial charge in [-0.2, -0.15) is 5.10 Å². The number of aryl methyl sites for hydroxylation is 1. The average molecular weight is 536 g/mol. The number of piperidine rings is 1. The Morgan fingerprint density at radius 2 is 1.90 bits per heavy atom. The van der Waals surface area contributed by atoms with Gasteiger partial charge in [-0.1, -0.05) is 0 Å². The van der Waals surface area contributed by atoms with Crippen LogP contribution in [0.25, 0.3) is 16.6 Å². The fourth-order valence-corrected chi connectivity index (χ4v) is 4.66. The number of anilines is 2. The molecule has 0 amide bonds. The number of alkyl halides is 2. The van der Waals surface area contributed by atoms with Gasteiger partial charge in [0.2, 0.25) is 0 Å². The molecule has 9 nitrogen and oxygen atoms in total. The molecule has 0 spiro atoms. The highest BCUT2D eigenvalue weighted by molar-refractivity contribution is 5.96. The largest absolute Gasteiger partial charge is 0.483 e. The van der Waals surface area contributed by atoms with E-state index in [1.54, 1.807) is 46.9 Å². The third kappa shape index (κ3) is 5.02. The zero-order valence-electron chi connectivity index (χ0n) is 21.1. The van der Waals surface area contributed by atoms with E-state index < -0.39 is 24.4 Å². The van der Waals surface area contributed by atoms with Crippen LogP contribution in [0.5, 0.6) is 17.2 Å². The minimum atomic E-state index is -3.10. The topological polar surface area (TPSA) is 89.7 Å². The van der Waals surface area contributed by atoms with Crippen molar-refractivity contribution in [2.75, 3.05) is 25.5 Å². The van der Waals surface area contributed by atoms with E-state index in [4.69, 9.17) is 9.47 Å². The maximum Gasteiger partial charge on any atom is 0.296 e. The fraction of sp³-hybridized carbons (Fsp3) is 0.259. The minimum absolute atomic E-state index is 0.0390. The van der Waals surface area contributed by atoms with Gasteiger partial charge in [-0.05, 0) is 43.8 Å². The molecule has 1 aliphatic heterocycles. The summed E-state index contributed by atoms with van der Waals surface area (Å²) in [6.45, 7) is 1.89. The first-order valence-electron chi connectivity index (χ1n) is 12.3. The van der Waals surface area contributed by atoms with E-state index in [1.165, 1.54) is 18.7 Å². The number of likely N-dealkylation sites (tertiary alicyclic amines) is 1. The summed E-state index contributed by atoms with van der Waals surface area (Å²) in [6, 6.07) is 11.3. The molecule has 39 heavy (non-hydrogen) atoms. The van der Waals surface area contributed by atoms with E-state index in [9.17, 15) is 13.2 Å². The Hall–Kier alpha value is -4.45. The standard InChI is InChI=1S/C27H24F3N7O2/c1-16-9-18(3-4-21(16)38-19-5-8-37-24(12-19)32-15-34-37)35-26-25-20(31-14-33-26)10-17(28)11-22(25)39-23-6-7-36(2)13-27(23,29)30/h3-5,8-12,14-15,23H,6-7,13H2,1-2H3,(H,31,33,35). The van der Waals surface area contributed by atoms with E-state index in [0.29, 0.717) is 40.6 Å². The molecule has 4 heterocycles. The van der Waals surface area contributed by atoms with Crippen LogP contribution >= 0.6 is 0 Å². The van der Waals surface area contributed by atoms with Crippen LogP contribution in [0.3, 0.4) is 0 Å². The average Bonchev–Trinajstić information content (AvgIpc) is 3.35. The summed E-state index contributed by atoms with van der Waals surface area (Å²) in [7, 11) is 1.63. The Morgan fingerprint density at radius 1 is 1.03 bits per heavy atom. The lowest BCUT2D eigenvalue weighted by atomic mass is 10.0. The maximum atomic E-state index is 14.7. The normalized spacial score (nSPS) is 17.4. The number of ether oxygens (including phenoxy) is 2. The quantitative estimate of drug-likeness (QED) is 0.310. The number of hydrogen-bond acceptors (Lipinski definition) is 8. The number of hydrogen-bond donors (Lipinski definition) is 1. The van der Waals surface area contributed by atoms with Gasteiger partial charge in [0, 0.05) is 43.0 Å². The fourth-order valence-electron chi connectivity index (χ4n) is 4.66. The Morgan fingerprint density at radius 3 is 2.72 bits per heavy atom. The van der Waals surface area contributed by atoms with E-state index in [1.807, 2.05) is 13.0 Å². The molecular weight excluding hydrogens is 511 g/mol. The van der Waals surface area contributed by atoms with Crippen LogP contribution in [0.2, 0.25) is 0 Å². The summed E-state index contributed by atoms with van der Waals surface area (Å²) >= 11 is 0. The van der Waals surface area contributed by atoms with Crippen molar-refractivity contribution in [1.82, 2.24) is 29.5 Å². The molecular formula is C27H24F3N7O2. The van der Waals surface area contributed by atoms with Crippen LogP contribution in [0.1, 0.15) is 12.0 Å². The Kier molecular flexibility index (Phi) is 6.18. The second kappa shape index (κ2) is 9.70. The van der Waals surface area contributed by atoms with Crippen molar-refractivity contribution in [2.45, 2.75) is 25.4 Å². The molecule has 200 valence electrons. The molecule has 1 N–H and O–H groups in total. The summed E-state index contributed by atoms with van der Waals surface area (Å²) < 4.78 is 57.3.